The van der Waals surface area contributed by atoms with Gasteiger partial charge in [0.15, 0.2) is 0 Å². The van der Waals surface area contributed by atoms with Crippen LogP contribution in [-0.4, -0.2) is 0 Å². The van der Waals surface area contributed by atoms with Gasteiger partial charge in [-0.3, -0.25) is 0 Å². The second-order valence-corrected chi connectivity index (χ2v) is 16.8. The Morgan fingerprint density at radius 1 is 0.323 bits per heavy atom. The van der Waals surface area contributed by atoms with E-state index in [0.717, 1.165) is 72.8 Å². The van der Waals surface area contributed by atoms with Gasteiger partial charge in [-0.15, -0.1) is 11.3 Å². The van der Waals surface area contributed by atoms with Crippen LogP contribution in [0, 0.1) is 0 Å². The molecule has 2 aromatic heterocycles. The fraction of sp³-hybridized carbons (Fsp3) is 0. The van der Waals surface area contributed by atoms with Crippen LogP contribution < -0.4 is 9.80 Å². The molecular formula is C58H38N2OS. The highest BCUT2D eigenvalue weighted by Crippen LogP contribution is 2.52. The Hall–Kier alpha value is -7.92. The zero-order chi connectivity index (χ0) is 41.0. The minimum absolute atomic E-state index is 0.898. The molecule has 0 saturated carbocycles. The van der Waals surface area contributed by atoms with Gasteiger partial charge in [0.1, 0.15) is 11.2 Å². The second-order valence-electron chi connectivity index (χ2n) is 15.7. The molecule has 12 aromatic rings. The molecule has 0 unspecified atom stereocenters. The van der Waals surface area contributed by atoms with Gasteiger partial charge in [-0.1, -0.05) is 140 Å². The van der Waals surface area contributed by atoms with Crippen molar-refractivity contribution in [1.82, 2.24) is 0 Å². The molecule has 0 bridgehead atoms. The Bertz CT molecular complexity index is 3550. The van der Waals surface area contributed by atoms with Crippen LogP contribution in [0.25, 0.3) is 75.1 Å². The van der Waals surface area contributed by atoms with E-state index >= 15 is 0 Å². The molecule has 62 heavy (non-hydrogen) atoms. The number of fused-ring (bicyclic) bond motifs is 7. The first kappa shape index (κ1) is 36.0. The van der Waals surface area contributed by atoms with Crippen molar-refractivity contribution in [1.29, 1.82) is 0 Å². The minimum Gasteiger partial charge on any atom is -0.456 e. The van der Waals surface area contributed by atoms with Crippen LogP contribution in [-0.2, 0) is 0 Å². The highest BCUT2D eigenvalue weighted by Gasteiger charge is 2.27. The molecule has 0 radical (unpaired) electrons. The van der Waals surface area contributed by atoms with Crippen molar-refractivity contribution in [2.24, 2.45) is 0 Å². The molecule has 292 valence electrons. The van der Waals surface area contributed by atoms with Crippen molar-refractivity contribution >= 4 is 98.3 Å². The number of anilines is 6. The van der Waals surface area contributed by atoms with Crippen molar-refractivity contribution in [3.8, 4) is 22.3 Å². The lowest BCUT2D eigenvalue weighted by atomic mass is 9.99. The first-order chi connectivity index (χ1) is 30.7. The number of benzene rings is 10. The summed E-state index contributed by atoms with van der Waals surface area (Å²) in [5, 5.41) is 7.17. The predicted octanol–water partition coefficient (Wildman–Crippen LogP) is 17.4. The quantitative estimate of drug-likeness (QED) is 0.152. The van der Waals surface area contributed by atoms with Crippen molar-refractivity contribution in [2.75, 3.05) is 9.80 Å². The normalized spacial score (nSPS) is 11.5. The number of hydrogen-bond acceptors (Lipinski definition) is 4. The lowest BCUT2D eigenvalue weighted by Gasteiger charge is -2.34. The predicted molar refractivity (Wildman–Crippen MR) is 264 cm³/mol. The molecule has 0 aliphatic heterocycles. The third kappa shape index (κ3) is 6.20. The standard InChI is InChI=1S/C58H38N2OS/c1-3-17-45(18-4-1)60(46-19-5-2-6-20-46)58-52(33-35-56-57(58)50-23-10-12-25-55(50)62-56)59(48-21-13-16-42(37-48)43-27-26-39-14-7-8-15-41(39)36-43)47-31-28-40(29-32-47)44-30-34-54-51(38-44)49-22-9-11-24-53(49)61-54/h1-38H. The molecule has 0 fully saturated rings. The molecule has 10 aromatic carbocycles. The van der Waals surface area contributed by atoms with E-state index in [-0.39, 0.29) is 0 Å². The summed E-state index contributed by atoms with van der Waals surface area (Å²) in [5.74, 6) is 0. The summed E-state index contributed by atoms with van der Waals surface area (Å²) in [6, 6.07) is 83.2. The molecule has 2 heterocycles. The van der Waals surface area contributed by atoms with Gasteiger partial charge in [0.2, 0.25) is 0 Å². The van der Waals surface area contributed by atoms with Crippen LogP contribution in [0.15, 0.2) is 235 Å². The Balaban J connectivity index is 1.10. The van der Waals surface area contributed by atoms with Crippen molar-refractivity contribution in [3.63, 3.8) is 0 Å². The lowest BCUT2D eigenvalue weighted by molar-refractivity contribution is 0.669. The van der Waals surface area contributed by atoms with E-state index in [1.54, 1.807) is 0 Å². The maximum atomic E-state index is 6.19. The lowest BCUT2D eigenvalue weighted by Crippen LogP contribution is -2.17. The average Bonchev–Trinajstić information content (AvgIpc) is 3.91. The molecule has 0 atom stereocenters. The monoisotopic (exact) mass is 810 g/mol. The van der Waals surface area contributed by atoms with Crippen LogP contribution in [0.2, 0.25) is 0 Å². The number of nitrogens with zero attached hydrogens (tertiary/aromatic N) is 2. The van der Waals surface area contributed by atoms with Crippen LogP contribution in [0.3, 0.4) is 0 Å². The Kier molecular flexibility index (Phi) is 8.68. The van der Waals surface area contributed by atoms with E-state index in [1.165, 1.54) is 36.5 Å². The van der Waals surface area contributed by atoms with Crippen molar-refractivity contribution in [3.05, 3.63) is 231 Å². The van der Waals surface area contributed by atoms with E-state index < -0.39 is 0 Å². The molecule has 0 spiro atoms. The molecule has 0 aliphatic rings. The smallest absolute Gasteiger partial charge is 0.135 e. The van der Waals surface area contributed by atoms with Crippen LogP contribution in [0.4, 0.5) is 34.1 Å². The second kappa shape index (κ2) is 15.0. The van der Waals surface area contributed by atoms with Crippen LogP contribution in [0.1, 0.15) is 0 Å². The van der Waals surface area contributed by atoms with Crippen molar-refractivity contribution in [2.45, 2.75) is 0 Å². The molecule has 0 saturated heterocycles. The average molecular weight is 811 g/mol. The Labute approximate surface area is 363 Å². The third-order valence-corrected chi connectivity index (χ3v) is 13.1. The molecule has 0 amide bonds. The van der Waals surface area contributed by atoms with E-state index in [0.29, 0.717) is 0 Å². The zero-order valence-corrected chi connectivity index (χ0v) is 34.5. The minimum atomic E-state index is 0.898. The Morgan fingerprint density at radius 3 is 1.73 bits per heavy atom. The van der Waals surface area contributed by atoms with E-state index in [1.807, 2.05) is 23.5 Å². The number of rotatable bonds is 8. The first-order valence-electron chi connectivity index (χ1n) is 21.0. The number of hydrogen-bond donors (Lipinski definition) is 0. The summed E-state index contributed by atoms with van der Waals surface area (Å²) >= 11 is 1.85. The van der Waals surface area contributed by atoms with Crippen LogP contribution >= 0.6 is 11.3 Å². The maximum absolute atomic E-state index is 6.19. The molecule has 3 nitrogen and oxygen atoms in total. The largest absolute Gasteiger partial charge is 0.456 e. The molecule has 0 aliphatic carbocycles. The molecule has 4 heteroatoms. The highest BCUT2D eigenvalue weighted by atomic mass is 32.1. The van der Waals surface area contributed by atoms with Gasteiger partial charge in [-0.2, -0.15) is 0 Å². The van der Waals surface area contributed by atoms with E-state index in [9.17, 15) is 0 Å². The maximum Gasteiger partial charge on any atom is 0.135 e. The topological polar surface area (TPSA) is 19.6 Å². The summed E-state index contributed by atoms with van der Waals surface area (Å²) in [6.45, 7) is 0. The number of para-hydroxylation sites is 3. The number of furan rings is 1. The van der Waals surface area contributed by atoms with Gasteiger partial charge in [0, 0.05) is 53.7 Å². The first-order valence-corrected chi connectivity index (χ1v) is 21.8. The molecule has 12 rings (SSSR count). The molecule has 0 N–H and O–H groups in total. The summed E-state index contributed by atoms with van der Waals surface area (Å²) in [5.41, 5.74) is 12.9. The van der Waals surface area contributed by atoms with Gasteiger partial charge in [-0.05, 0) is 124 Å². The summed E-state index contributed by atoms with van der Waals surface area (Å²) in [7, 11) is 0. The van der Waals surface area contributed by atoms with Gasteiger partial charge < -0.3 is 14.2 Å². The van der Waals surface area contributed by atoms with E-state index in [2.05, 4.69) is 228 Å². The highest BCUT2D eigenvalue weighted by molar-refractivity contribution is 7.26. The fourth-order valence-corrected chi connectivity index (χ4v) is 10.2. The van der Waals surface area contributed by atoms with Crippen LogP contribution in [0.5, 0.6) is 0 Å². The molecular weight excluding hydrogens is 773 g/mol. The zero-order valence-electron chi connectivity index (χ0n) is 33.7. The van der Waals surface area contributed by atoms with E-state index in [4.69, 9.17) is 4.42 Å². The Morgan fingerprint density at radius 2 is 0.919 bits per heavy atom. The summed E-state index contributed by atoms with van der Waals surface area (Å²) < 4.78 is 8.69. The van der Waals surface area contributed by atoms with Gasteiger partial charge in [0.05, 0.1) is 11.4 Å². The SMILES string of the molecule is c1ccc(N(c2ccccc2)c2c(N(c3ccc(-c4ccc5oc6ccccc6c5c4)cc3)c3cccc(-c4ccc5ccccc5c4)c3)ccc3sc4ccccc4c23)cc1. The van der Waals surface area contributed by atoms with Gasteiger partial charge >= 0.3 is 0 Å². The summed E-state index contributed by atoms with van der Waals surface area (Å²) in [6.07, 6.45) is 0. The third-order valence-electron chi connectivity index (χ3n) is 12.0. The summed E-state index contributed by atoms with van der Waals surface area (Å²) in [4.78, 5) is 4.89. The van der Waals surface area contributed by atoms with Gasteiger partial charge in [-0.25, -0.2) is 0 Å². The van der Waals surface area contributed by atoms with Crippen molar-refractivity contribution < 1.29 is 4.42 Å². The van der Waals surface area contributed by atoms with Gasteiger partial charge in [0.25, 0.3) is 0 Å². The fourth-order valence-electron chi connectivity index (χ4n) is 9.09. The number of thiophene rings is 1.